The van der Waals surface area contributed by atoms with E-state index >= 15 is 0 Å². The van der Waals surface area contributed by atoms with E-state index in [0.717, 1.165) is 22.5 Å². The number of hydrogen-bond acceptors (Lipinski definition) is 7. The molecule has 1 fully saturated rings. The first-order chi connectivity index (χ1) is 14.8. The quantitative estimate of drug-likeness (QED) is 0.378. The lowest BCUT2D eigenvalue weighted by atomic mass is 10.2. The summed E-state index contributed by atoms with van der Waals surface area (Å²) >= 11 is 13.5. The van der Waals surface area contributed by atoms with Crippen molar-refractivity contribution >= 4 is 55.4 Å². The number of non-ortho nitro benzene ring substituents is 1. The fraction of sp³-hybridized carbons (Fsp3) is 0.211. The molecule has 4 rings (SSSR count). The van der Waals surface area contributed by atoms with Crippen LogP contribution in [0.25, 0.3) is 11.3 Å². The second-order valence-electron chi connectivity index (χ2n) is 6.79. The summed E-state index contributed by atoms with van der Waals surface area (Å²) in [6.45, 7) is 1.43. The molecule has 0 unspecified atom stereocenters. The third-order valence-electron chi connectivity index (χ3n) is 4.88. The third kappa shape index (κ3) is 4.53. The molecular formula is C19H16Cl2N4O4S2. The van der Waals surface area contributed by atoms with E-state index < -0.39 is 14.9 Å². The number of anilines is 1. The van der Waals surface area contributed by atoms with Crippen molar-refractivity contribution in [2.24, 2.45) is 0 Å². The minimum Gasteiger partial charge on any atom is -0.345 e. The number of halogens is 2. The Bertz CT molecular complexity index is 1240. The molecule has 31 heavy (non-hydrogen) atoms. The van der Waals surface area contributed by atoms with Crippen LogP contribution in [0.2, 0.25) is 10.0 Å². The van der Waals surface area contributed by atoms with Crippen molar-refractivity contribution in [3.05, 3.63) is 68.0 Å². The minimum absolute atomic E-state index is 0.0775. The van der Waals surface area contributed by atoms with Crippen LogP contribution < -0.4 is 4.90 Å². The number of aromatic nitrogens is 1. The number of sulfonamides is 1. The third-order valence-corrected chi connectivity index (χ3v) is 8.42. The average Bonchev–Trinajstić information content (AvgIpc) is 3.26. The molecule has 162 valence electrons. The van der Waals surface area contributed by atoms with Crippen molar-refractivity contribution in [1.29, 1.82) is 0 Å². The highest BCUT2D eigenvalue weighted by Gasteiger charge is 2.30. The van der Waals surface area contributed by atoms with Gasteiger partial charge >= 0.3 is 0 Å². The summed E-state index contributed by atoms with van der Waals surface area (Å²) in [6, 6.07) is 10.4. The Morgan fingerprint density at radius 1 is 1.03 bits per heavy atom. The number of piperazine rings is 1. The van der Waals surface area contributed by atoms with Gasteiger partial charge < -0.3 is 4.90 Å². The van der Waals surface area contributed by atoms with Crippen molar-refractivity contribution < 1.29 is 13.3 Å². The molecule has 0 spiro atoms. The number of hydrogen-bond donors (Lipinski definition) is 0. The molecule has 0 amide bonds. The lowest BCUT2D eigenvalue weighted by Gasteiger charge is -2.33. The van der Waals surface area contributed by atoms with Crippen LogP contribution >= 0.6 is 34.5 Å². The zero-order chi connectivity index (χ0) is 22.2. The van der Waals surface area contributed by atoms with E-state index in [-0.39, 0.29) is 23.7 Å². The summed E-state index contributed by atoms with van der Waals surface area (Å²) in [5.41, 5.74) is 1.37. The van der Waals surface area contributed by atoms with Crippen LogP contribution in [0.4, 0.5) is 10.8 Å². The summed E-state index contributed by atoms with van der Waals surface area (Å²) in [4.78, 5) is 17.0. The predicted molar refractivity (Wildman–Crippen MR) is 122 cm³/mol. The Labute approximate surface area is 192 Å². The molecule has 2 aromatic carbocycles. The van der Waals surface area contributed by atoms with Crippen molar-refractivity contribution in [2.45, 2.75) is 4.90 Å². The molecule has 0 saturated carbocycles. The SMILES string of the molecule is O=[N+]([O-])c1cccc(S(=O)(=O)N2CCN(c3nc(-c4ccc(Cl)c(Cl)c4)cs3)CC2)c1. The fourth-order valence-corrected chi connectivity index (χ4v) is 5.87. The van der Waals surface area contributed by atoms with Crippen LogP contribution in [0.3, 0.4) is 0 Å². The number of nitro groups is 1. The van der Waals surface area contributed by atoms with Crippen molar-refractivity contribution in [3.63, 3.8) is 0 Å². The Morgan fingerprint density at radius 3 is 2.45 bits per heavy atom. The van der Waals surface area contributed by atoms with Crippen LogP contribution in [0.5, 0.6) is 0 Å². The number of rotatable bonds is 5. The maximum absolute atomic E-state index is 12.9. The molecule has 12 heteroatoms. The van der Waals surface area contributed by atoms with Crippen molar-refractivity contribution in [2.75, 3.05) is 31.1 Å². The van der Waals surface area contributed by atoms with E-state index in [9.17, 15) is 18.5 Å². The van der Waals surface area contributed by atoms with Gasteiger partial charge in [-0.15, -0.1) is 11.3 Å². The van der Waals surface area contributed by atoms with Crippen molar-refractivity contribution in [1.82, 2.24) is 9.29 Å². The molecular weight excluding hydrogens is 483 g/mol. The number of nitrogens with zero attached hydrogens (tertiary/aromatic N) is 4. The fourth-order valence-electron chi connectivity index (χ4n) is 3.22. The van der Waals surface area contributed by atoms with Crippen LogP contribution in [0.1, 0.15) is 0 Å². The average molecular weight is 499 g/mol. The maximum Gasteiger partial charge on any atom is 0.270 e. The Hall–Kier alpha value is -2.24. The Morgan fingerprint density at radius 2 is 1.77 bits per heavy atom. The molecule has 0 aliphatic carbocycles. The van der Waals surface area contributed by atoms with Gasteiger partial charge in [0, 0.05) is 49.3 Å². The first-order valence-corrected chi connectivity index (χ1v) is 12.2. The molecule has 0 bridgehead atoms. The molecule has 0 atom stereocenters. The van der Waals surface area contributed by atoms with Crippen LogP contribution in [0.15, 0.2) is 52.7 Å². The van der Waals surface area contributed by atoms with Crippen LogP contribution in [-0.4, -0.2) is 48.8 Å². The summed E-state index contributed by atoms with van der Waals surface area (Å²) in [5, 5.41) is 14.6. The second-order valence-corrected chi connectivity index (χ2v) is 10.4. The van der Waals surface area contributed by atoms with Crippen LogP contribution in [-0.2, 0) is 10.0 Å². The Balaban J connectivity index is 1.46. The number of benzene rings is 2. The van der Waals surface area contributed by atoms with E-state index in [4.69, 9.17) is 23.2 Å². The molecule has 3 aromatic rings. The van der Waals surface area contributed by atoms with Crippen molar-refractivity contribution in [3.8, 4) is 11.3 Å². The van der Waals surface area contributed by atoms with Gasteiger partial charge in [-0.3, -0.25) is 10.1 Å². The van der Waals surface area contributed by atoms with E-state index in [1.807, 2.05) is 16.3 Å². The second kappa shape index (κ2) is 8.71. The van der Waals surface area contributed by atoms with E-state index in [2.05, 4.69) is 4.98 Å². The zero-order valence-corrected chi connectivity index (χ0v) is 19.1. The highest BCUT2D eigenvalue weighted by Crippen LogP contribution is 2.32. The molecule has 0 radical (unpaired) electrons. The summed E-state index contributed by atoms with van der Waals surface area (Å²) in [7, 11) is -3.81. The predicted octanol–water partition coefficient (Wildman–Crippen LogP) is 4.54. The lowest BCUT2D eigenvalue weighted by molar-refractivity contribution is -0.385. The molecule has 1 aliphatic heterocycles. The van der Waals surface area contributed by atoms with Gasteiger partial charge in [0.1, 0.15) is 0 Å². The van der Waals surface area contributed by atoms with Gasteiger partial charge in [0.25, 0.3) is 5.69 Å². The van der Waals surface area contributed by atoms with E-state index in [0.29, 0.717) is 23.1 Å². The highest BCUT2D eigenvalue weighted by atomic mass is 35.5. The minimum atomic E-state index is -3.81. The standard InChI is InChI=1S/C19H16Cl2N4O4S2/c20-16-5-4-13(10-17(16)21)18-12-30-19(22-18)23-6-8-24(9-7-23)31(28,29)15-3-1-2-14(11-15)25(26)27/h1-5,10-12H,6-9H2. The van der Waals surface area contributed by atoms with E-state index in [1.54, 1.807) is 12.1 Å². The first kappa shape index (κ1) is 22.0. The van der Waals surface area contributed by atoms with Crippen LogP contribution in [0, 0.1) is 10.1 Å². The Kier molecular flexibility index (Phi) is 6.18. The zero-order valence-electron chi connectivity index (χ0n) is 15.9. The van der Waals surface area contributed by atoms with E-state index in [1.165, 1.54) is 33.8 Å². The van der Waals surface area contributed by atoms with Gasteiger partial charge in [-0.1, -0.05) is 35.3 Å². The smallest absolute Gasteiger partial charge is 0.270 e. The molecule has 2 heterocycles. The highest BCUT2D eigenvalue weighted by molar-refractivity contribution is 7.89. The molecule has 0 N–H and O–H groups in total. The van der Waals surface area contributed by atoms with Gasteiger partial charge in [-0.2, -0.15) is 4.31 Å². The largest absolute Gasteiger partial charge is 0.345 e. The lowest BCUT2D eigenvalue weighted by Crippen LogP contribution is -2.48. The summed E-state index contributed by atoms with van der Waals surface area (Å²) in [6.07, 6.45) is 0. The number of nitro benzene ring substituents is 1. The number of thiazole rings is 1. The van der Waals surface area contributed by atoms with Gasteiger partial charge in [0.05, 0.1) is 25.6 Å². The summed E-state index contributed by atoms with van der Waals surface area (Å²) in [5.74, 6) is 0. The monoisotopic (exact) mass is 498 g/mol. The van der Waals surface area contributed by atoms with Gasteiger partial charge in [-0.25, -0.2) is 13.4 Å². The molecule has 1 saturated heterocycles. The molecule has 8 nitrogen and oxygen atoms in total. The van der Waals surface area contributed by atoms with Gasteiger partial charge in [0.15, 0.2) is 5.13 Å². The normalized spacial score (nSPS) is 15.2. The van der Waals surface area contributed by atoms with Gasteiger partial charge in [0.2, 0.25) is 10.0 Å². The maximum atomic E-state index is 12.9. The molecule has 1 aliphatic rings. The van der Waals surface area contributed by atoms with Gasteiger partial charge in [-0.05, 0) is 18.2 Å². The topological polar surface area (TPSA) is 96.6 Å². The first-order valence-electron chi connectivity index (χ1n) is 9.16. The molecule has 1 aromatic heterocycles. The summed E-state index contributed by atoms with van der Waals surface area (Å²) < 4.78 is 27.1.